The predicted octanol–water partition coefficient (Wildman–Crippen LogP) is 2.53. The van der Waals surface area contributed by atoms with Crippen LogP contribution in [0, 0.1) is 5.82 Å². The van der Waals surface area contributed by atoms with Crippen LogP contribution in [0.1, 0.15) is 10.4 Å². The summed E-state index contributed by atoms with van der Waals surface area (Å²) in [5.41, 5.74) is -0.0781. The SMILES string of the molecule is O=C(Nc1ccc(F)c(Br)c1)c1ccc[nH]c1=O. The topological polar surface area (TPSA) is 62.0 Å². The van der Waals surface area contributed by atoms with Gasteiger partial charge in [0.1, 0.15) is 11.4 Å². The minimum Gasteiger partial charge on any atom is -0.328 e. The Hall–Kier alpha value is -1.95. The van der Waals surface area contributed by atoms with Gasteiger partial charge >= 0.3 is 0 Å². The van der Waals surface area contributed by atoms with E-state index in [2.05, 4.69) is 26.2 Å². The molecule has 0 saturated heterocycles. The molecule has 0 fully saturated rings. The van der Waals surface area contributed by atoms with Crippen LogP contribution in [0.3, 0.4) is 0 Å². The molecule has 1 aromatic heterocycles. The van der Waals surface area contributed by atoms with Gasteiger partial charge in [-0.2, -0.15) is 0 Å². The lowest BCUT2D eigenvalue weighted by Gasteiger charge is -2.05. The highest BCUT2D eigenvalue weighted by Crippen LogP contribution is 2.20. The average Bonchev–Trinajstić information content (AvgIpc) is 2.34. The second-order valence-electron chi connectivity index (χ2n) is 3.50. The van der Waals surface area contributed by atoms with Crippen molar-refractivity contribution in [1.29, 1.82) is 0 Å². The summed E-state index contributed by atoms with van der Waals surface area (Å²) in [7, 11) is 0. The molecule has 2 aromatic rings. The molecule has 2 N–H and O–H groups in total. The van der Waals surface area contributed by atoms with Crippen molar-refractivity contribution in [3.05, 3.63) is 62.7 Å². The lowest BCUT2D eigenvalue weighted by atomic mass is 10.2. The van der Waals surface area contributed by atoms with Crippen LogP contribution in [0.5, 0.6) is 0 Å². The third-order valence-electron chi connectivity index (χ3n) is 2.24. The molecule has 0 atom stereocenters. The van der Waals surface area contributed by atoms with Crippen molar-refractivity contribution in [2.75, 3.05) is 5.32 Å². The number of anilines is 1. The van der Waals surface area contributed by atoms with Gasteiger partial charge in [-0.05, 0) is 46.3 Å². The van der Waals surface area contributed by atoms with Crippen LogP contribution < -0.4 is 10.9 Å². The van der Waals surface area contributed by atoms with E-state index in [0.717, 1.165) is 0 Å². The van der Waals surface area contributed by atoms with Crippen LogP contribution in [0.2, 0.25) is 0 Å². The highest BCUT2D eigenvalue weighted by molar-refractivity contribution is 9.10. The summed E-state index contributed by atoms with van der Waals surface area (Å²) < 4.78 is 13.2. The van der Waals surface area contributed by atoms with Crippen molar-refractivity contribution in [2.24, 2.45) is 0 Å². The first-order valence-corrected chi connectivity index (χ1v) is 5.81. The van der Waals surface area contributed by atoms with Crippen molar-refractivity contribution in [3.63, 3.8) is 0 Å². The van der Waals surface area contributed by atoms with Gasteiger partial charge in [0, 0.05) is 11.9 Å². The maximum atomic E-state index is 13.0. The largest absolute Gasteiger partial charge is 0.328 e. The predicted molar refractivity (Wildman–Crippen MR) is 69.1 cm³/mol. The second-order valence-corrected chi connectivity index (χ2v) is 4.35. The lowest BCUT2D eigenvalue weighted by molar-refractivity contribution is 0.102. The van der Waals surface area contributed by atoms with Crippen molar-refractivity contribution < 1.29 is 9.18 Å². The van der Waals surface area contributed by atoms with Crippen LogP contribution in [0.4, 0.5) is 10.1 Å². The van der Waals surface area contributed by atoms with Crippen molar-refractivity contribution >= 4 is 27.5 Å². The van der Waals surface area contributed by atoms with Gasteiger partial charge in [0.15, 0.2) is 0 Å². The zero-order chi connectivity index (χ0) is 13.1. The van der Waals surface area contributed by atoms with Crippen LogP contribution in [0.25, 0.3) is 0 Å². The van der Waals surface area contributed by atoms with Crippen LogP contribution >= 0.6 is 15.9 Å². The minimum absolute atomic E-state index is 0.00190. The van der Waals surface area contributed by atoms with E-state index in [1.807, 2.05) is 0 Å². The maximum absolute atomic E-state index is 13.0. The van der Waals surface area contributed by atoms with Gasteiger partial charge in [0.2, 0.25) is 0 Å². The van der Waals surface area contributed by atoms with Crippen LogP contribution in [-0.4, -0.2) is 10.9 Å². The van der Waals surface area contributed by atoms with Crippen LogP contribution in [0.15, 0.2) is 45.8 Å². The van der Waals surface area contributed by atoms with Crippen LogP contribution in [-0.2, 0) is 0 Å². The normalized spacial score (nSPS) is 10.1. The lowest BCUT2D eigenvalue weighted by Crippen LogP contribution is -2.22. The molecule has 4 nitrogen and oxygen atoms in total. The number of pyridine rings is 1. The molecule has 6 heteroatoms. The summed E-state index contributed by atoms with van der Waals surface area (Å²) in [6.07, 6.45) is 1.44. The second kappa shape index (κ2) is 5.14. The third-order valence-corrected chi connectivity index (χ3v) is 2.85. The Bertz CT molecular complexity index is 655. The first-order valence-electron chi connectivity index (χ1n) is 5.02. The molecule has 0 unspecified atom stereocenters. The summed E-state index contributed by atoms with van der Waals surface area (Å²) in [6.45, 7) is 0. The number of amides is 1. The van der Waals surface area contributed by atoms with Crippen molar-refractivity contribution in [1.82, 2.24) is 4.98 Å². The van der Waals surface area contributed by atoms with E-state index in [4.69, 9.17) is 0 Å². The molecule has 0 saturated carbocycles. The average molecular weight is 311 g/mol. The zero-order valence-corrected chi connectivity index (χ0v) is 10.6. The van der Waals surface area contributed by atoms with E-state index < -0.39 is 17.3 Å². The molecular weight excluding hydrogens is 303 g/mol. The maximum Gasteiger partial charge on any atom is 0.261 e. The Balaban J connectivity index is 2.24. The molecule has 1 amide bonds. The molecule has 92 valence electrons. The molecule has 2 rings (SSSR count). The highest BCUT2D eigenvalue weighted by atomic mass is 79.9. The van der Waals surface area contributed by atoms with Crippen molar-refractivity contribution in [3.8, 4) is 0 Å². The summed E-state index contributed by atoms with van der Waals surface area (Å²) in [6, 6.07) is 7.01. The first kappa shape index (κ1) is 12.5. The van der Waals surface area contributed by atoms with Gasteiger partial charge in [-0.25, -0.2) is 4.39 Å². The standard InChI is InChI=1S/C12H8BrFN2O2/c13-9-6-7(3-4-10(9)14)16-12(18)8-2-1-5-15-11(8)17/h1-6H,(H,15,17)(H,16,18). The number of carbonyl (C=O) groups is 1. The van der Waals surface area contributed by atoms with Gasteiger partial charge in [0.05, 0.1) is 4.47 Å². The molecule has 0 aliphatic rings. The van der Waals surface area contributed by atoms with E-state index in [9.17, 15) is 14.0 Å². The Morgan fingerprint density at radius 1 is 1.33 bits per heavy atom. The number of rotatable bonds is 2. The van der Waals surface area contributed by atoms with Crippen molar-refractivity contribution in [2.45, 2.75) is 0 Å². The number of H-pyrrole nitrogens is 1. The molecule has 0 aliphatic heterocycles. The molecule has 0 bridgehead atoms. The number of benzene rings is 1. The Kier molecular flexibility index (Phi) is 3.57. The number of carbonyl (C=O) groups excluding carboxylic acids is 1. The number of hydrogen-bond acceptors (Lipinski definition) is 2. The summed E-state index contributed by atoms with van der Waals surface area (Å²) in [5.74, 6) is -0.971. The van der Waals surface area contributed by atoms with E-state index in [0.29, 0.717) is 5.69 Å². The fraction of sp³-hybridized carbons (Fsp3) is 0. The Labute approximate surface area is 110 Å². The fourth-order valence-electron chi connectivity index (χ4n) is 1.37. The molecule has 0 spiro atoms. The number of aromatic amines is 1. The van der Waals surface area contributed by atoms with Gasteiger partial charge in [-0.1, -0.05) is 0 Å². The molecule has 1 aromatic carbocycles. The van der Waals surface area contributed by atoms with E-state index in [-0.39, 0.29) is 10.0 Å². The zero-order valence-electron chi connectivity index (χ0n) is 9.04. The Morgan fingerprint density at radius 2 is 2.11 bits per heavy atom. The number of hydrogen-bond donors (Lipinski definition) is 2. The quantitative estimate of drug-likeness (QED) is 0.895. The molecular formula is C12H8BrFN2O2. The van der Waals surface area contributed by atoms with Gasteiger partial charge in [-0.3, -0.25) is 9.59 Å². The van der Waals surface area contributed by atoms with Gasteiger partial charge in [0.25, 0.3) is 11.5 Å². The monoisotopic (exact) mass is 310 g/mol. The van der Waals surface area contributed by atoms with E-state index in [1.54, 1.807) is 6.07 Å². The smallest absolute Gasteiger partial charge is 0.261 e. The summed E-state index contributed by atoms with van der Waals surface area (Å²) in [4.78, 5) is 25.6. The summed E-state index contributed by atoms with van der Waals surface area (Å²) in [5, 5.41) is 2.51. The molecule has 0 radical (unpaired) electrons. The fourth-order valence-corrected chi connectivity index (χ4v) is 1.75. The van der Waals surface area contributed by atoms with E-state index in [1.165, 1.54) is 30.5 Å². The van der Waals surface area contributed by atoms with Gasteiger partial charge < -0.3 is 10.3 Å². The molecule has 1 heterocycles. The van der Waals surface area contributed by atoms with Gasteiger partial charge in [-0.15, -0.1) is 0 Å². The Morgan fingerprint density at radius 3 is 2.78 bits per heavy atom. The third kappa shape index (κ3) is 2.65. The first-order chi connectivity index (χ1) is 8.58. The highest BCUT2D eigenvalue weighted by Gasteiger charge is 2.10. The number of nitrogens with one attached hydrogen (secondary N) is 2. The number of halogens is 2. The molecule has 18 heavy (non-hydrogen) atoms. The summed E-state index contributed by atoms with van der Waals surface area (Å²) >= 11 is 3.01. The number of aromatic nitrogens is 1. The minimum atomic E-state index is -0.546. The van der Waals surface area contributed by atoms with E-state index >= 15 is 0 Å². The molecule has 0 aliphatic carbocycles.